The quantitative estimate of drug-likeness (QED) is 0.787. The maximum absolute atomic E-state index is 12.3. The summed E-state index contributed by atoms with van der Waals surface area (Å²) in [7, 11) is -1.70. The van der Waals surface area contributed by atoms with Gasteiger partial charge in [-0.15, -0.1) is 22.7 Å². The third-order valence-electron chi connectivity index (χ3n) is 2.46. The molecule has 0 aliphatic carbocycles. The number of aromatic nitrogens is 1. The summed E-state index contributed by atoms with van der Waals surface area (Å²) < 4.78 is 27.7. The van der Waals surface area contributed by atoms with Gasteiger partial charge in [-0.1, -0.05) is 0 Å². The Labute approximate surface area is 134 Å². The second-order valence-electron chi connectivity index (χ2n) is 4.06. The van der Waals surface area contributed by atoms with Crippen molar-refractivity contribution in [2.45, 2.75) is 24.9 Å². The molecule has 9 heteroatoms. The van der Waals surface area contributed by atoms with Gasteiger partial charge in [-0.25, -0.2) is 18.1 Å². The van der Waals surface area contributed by atoms with Gasteiger partial charge in [0.1, 0.15) is 4.90 Å². The van der Waals surface area contributed by atoms with E-state index in [1.165, 1.54) is 22.7 Å². The highest BCUT2D eigenvalue weighted by Gasteiger charge is 2.20. The summed E-state index contributed by atoms with van der Waals surface area (Å²) in [6.07, 6.45) is 0. The highest BCUT2D eigenvalue weighted by molar-refractivity contribution is 9.11. The van der Waals surface area contributed by atoms with E-state index >= 15 is 0 Å². The largest absolute Gasteiger partial charge is 0.315 e. The van der Waals surface area contributed by atoms with Gasteiger partial charge < -0.3 is 5.32 Å². The summed E-state index contributed by atoms with van der Waals surface area (Å²) in [5.41, 5.74) is 0.734. The lowest BCUT2D eigenvalue weighted by Gasteiger charge is -2.03. The number of halogens is 1. The molecule has 5 nitrogen and oxygen atoms in total. The average Bonchev–Trinajstić information content (AvgIpc) is 2.94. The number of thiazole rings is 1. The van der Waals surface area contributed by atoms with Gasteiger partial charge in [0.15, 0.2) is 0 Å². The summed E-state index contributed by atoms with van der Waals surface area (Å²) in [5, 5.41) is 5.78. The molecule has 0 spiro atoms. The Morgan fingerprint density at radius 3 is 2.75 bits per heavy atom. The van der Waals surface area contributed by atoms with Crippen molar-refractivity contribution >= 4 is 48.6 Å². The molecule has 2 heterocycles. The maximum atomic E-state index is 12.3. The lowest BCUT2D eigenvalue weighted by molar-refractivity contribution is 0.580. The molecule has 0 aromatic carbocycles. The van der Waals surface area contributed by atoms with E-state index in [1.807, 2.05) is 19.4 Å². The zero-order chi connectivity index (χ0) is 14.8. The van der Waals surface area contributed by atoms with Gasteiger partial charge in [0.2, 0.25) is 10.0 Å². The molecule has 0 radical (unpaired) electrons. The van der Waals surface area contributed by atoms with E-state index in [1.54, 1.807) is 6.07 Å². The number of hydrogen-bond acceptors (Lipinski definition) is 6. The number of sulfonamides is 1. The van der Waals surface area contributed by atoms with Crippen LogP contribution in [0.4, 0.5) is 0 Å². The lowest BCUT2D eigenvalue weighted by atomic mass is 10.5. The first-order valence-electron chi connectivity index (χ1n) is 5.76. The van der Waals surface area contributed by atoms with E-state index in [2.05, 4.69) is 31.0 Å². The molecule has 0 amide bonds. The van der Waals surface area contributed by atoms with Gasteiger partial charge >= 0.3 is 0 Å². The van der Waals surface area contributed by atoms with Crippen molar-refractivity contribution in [1.29, 1.82) is 0 Å². The molecule has 2 N–H and O–H groups in total. The number of nitrogens with zero attached hydrogens (tertiary/aromatic N) is 1. The molecule has 20 heavy (non-hydrogen) atoms. The minimum absolute atomic E-state index is 0.205. The molecule has 0 bridgehead atoms. The Bertz CT molecular complexity index is 694. The predicted molar refractivity (Wildman–Crippen MR) is 85.7 cm³/mol. The summed E-state index contributed by atoms with van der Waals surface area (Å²) >= 11 is 6.23. The molecular weight excluding hydrogens is 382 g/mol. The Kier molecular flexibility index (Phi) is 5.32. The first-order chi connectivity index (χ1) is 9.42. The molecule has 0 atom stereocenters. The Morgan fingerprint density at radius 1 is 1.40 bits per heavy atom. The summed E-state index contributed by atoms with van der Waals surface area (Å²) in [5.74, 6) is 0. The van der Waals surface area contributed by atoms with Crippen molar-refractivity contribution in [3.63, 3.8) is 0 Å². The van der Waals surface area contributed by atoms with Gasteiger partial charge in [-0.3, -0.25) is 0 Å². The average molecular weight is 396 g/mol. The highest BCUT2D eigenvalue weighted by atomic mass is 79.9. The molecule has 0 saturated carbocycles. The second-order valence-corrected chi connectivity index (χ2v) is 9.32. The van der Waals surface area contributed by atoms with Crippen molar-refractivity contribution in [2.24, 2.45) is 0 Å². The molecule has 2 aromatic rings. The van der Waals surface area contributed by atoms with E-state index in [4.69, 9.17) is 0 Å². The fraction of sp³-hybridized carbons (Fsp3) is 0.364. The van der Waals surface area contributed by atoms with E-state index < -0.39 is 10.0 Å². The van der Waals surface area contributed by atoms with Crippen LogP contribution in [0.5, 0.6) is 0 Å². The summed E-state index contributed by atoms with van der Waals surface area (Å²) in [6, 6.07) is 1.68. The van der Waals surface area contributed by atoms with Gasteiger partial charge in [-0.2, -0.15) is 0 Å². The zero-order valence-corrected chi connectivity index (χ0v) is 15.0. The fourth-order valence-corrected chi connectivity index (χ4v) is 5.88. The van der Waals surface area contributed by atoms with Crippen LogP contribution in [0.25, 0.3) is 0 Å². The third-order valence-corrected chi connectivity index (χ3v) is 6.93. The van der Waals surface area contributed by atoms with Crippen LogP contribution >= 0.6 is 38.6 Å². The van der Waals surface area contributed by atoms with E-state index in [0.717, 1.165) is 15.6 Å². The monoisotopic (exact) mass is 395 g/mol. The van der Waals surface area contributed by atoms with Crippen molar-refractivity contribution in [2.75, 3.05) is 7.05 Å². The molecular formula is C11H14BrN3O2S3. The highest BCUT2D eigenvalue weighted by Crippen LogP contribution is 2.31. The van der Waals surface area contributed by atoms with Gasteiger partial charge in [0.05, 0.1) is 21.0 Å². The van der Waals surface area contributed by atoms with Crippen molar-refractivity contribution in [1.82, 2.24) is 15.0 Å². The Morgan fingerprint density at radius 2 is 2.15 bits per heavy atom. The van der Waals surface area contributed by atoms with E-state index in [0.29, 0.717) is 10.3 Å². The van der Waals surface area contributed by atoms with Gasteiger partial charge in [-0.05, 0) is 36.0 Å². The minimum atomic E-state index is -3.53. The van der Waals surface area contributed by atoms with Crippen LogP contribution in [-0.4, -0.2) is 20.4 Å². The molecule has 0 aliphatic rings. The number of aryl methyl sites for hydroxylation is 1. The summed E-state index contributed by atoms with van der Waals surface area (Å²) in [4.78, 5) is 5.48. The maximum Gasteiger partial charge on any atom is 0.242 e. The molecule has 110 valence electrons. The number of thiophene rings is 1. The van der Waals surface area contributed by atoms with Crippen LogP contribution < -0.4 is 10.0 Å². The first kappa shape index (κ1) is 16.1. The molecule has 0 saturated heterocycles. The SMILES string of the molecule is CNCc1cc(S(=O)(=O)NCc2csc(C)n2)c(Br)s1. The molecule has 0 unspecified atom stereocenters. The molecule has 2 aromatic heterocycles. The molecule has 0 aliphatic heterocycles. The van der Waals surface area contributed by atoms with Crippen molar-refractivity contribution < 1.29 is 8.42 Å². The fourth-order valence-electron chi connectivity index (χ4n) is 1.58. The normalized spacial score (nSPS) is 11.9. The second kappa shape index (κ2) is 6.63. The summed E-state index contributed by atoms with van der Waals surface area (Å²) in [6.45, 7) is 2.74. The predicted octanol–water partition coefficient (Wildman–Crippen LogP) is 2.47. The van der Waals surface area contributed by atoms with Crippen LogP contribution in [0.2, 0.25) is 0 Å². The third kappa shape index (κ3) is 3.86. The lowest BCUT2D eigenvalue weighted by Crippen LogP contribution is -2.23. The Hall–Kier alpha value is -0.320. The topological polar surface area (TPSA) is 71.1 Å². The first-order valence-corrected chi connectivity index (χ1v) is 9.73. The molecule has 2 rings (SSSR count). The van der Waals surface area contributed by atoms with E-state index in [-0.39, 0.29) is 11.4 Å². The Balaban J connectivity index is 2.13. The van der Waals surface area contributed by atoms with Gasteiger partial charge in [0.25, 0.3) is 0 Å². The number of hydrogen-bond donors (Lipinski definition) is 2. The van der Waals surface area contributed by atoms with Crippen molar-refractivity contribution in [3.05, 3.63) is 30.8 Å². The van der Waals surface area contributed by atoms with E-state index in [9.17, 15) is 8.42 Å². The number of nitrogens with one attached hydrogen (secondary N) is 2. The van der Waals surface area contributed by atoms with Crippen LogP contribution in [0.15, 0.2) is 20.1 Å². The van der Waals surface area contributed by atoms with Crippen LogP contribution in [0.3, 0.4) is 0 Å². The smallest absolute Gasteiger partial charge is 0.242 e. The zero-order valence-electron chi connectivity index (χ0n) is 10.9. The van der Waals surface area contributed by atoms with Crippen LogP contribution in [0.1, 0.15) is 15.6 Å². The van der Waals surface area contributed by atoms with Gasteiger partial charge in [0, 0.05) is 16.8 Å². The van der Waals surface area contributed by atoms with Crippen molar-refractivity contribution in [3.8, 4) is 0 Å². The minimum Gasteiger partial charge on any atom is -0.315 e. The van der Waals surface area contributed by atoms with Crippen LogP contribution in [-0.2, 0) is 23.1 Å². The number of rotatable bonds is 6. The standard InChI is InChI=1S/C11H14BrN3O2S3/c1-7-15-8(6-18-7)4-14-20(16,17)10-3-9(5-13-2)19-11(10)12/h3,6,13-14H,4-5H2,1-2H3. The molecule has 0 fully saturated rings. The van der Waals surface area contributed by atoms with Crippen LogP contribution in [0, 0.1) is 6.92 Å².